The van der Waals surface area contributed by atoms with E-state index in [-0.39, 0.29) is 36.6 Å². The molecule has 0 spiro atoms. The molecule has 0 aromatic heterocycles. The summed E-state index contributed by atoms with van der Waals surface area (Å²) in [6.45, 7) is -0.746. The normalized spacial score (nSPS) is 12.0. The molecule has 4 N–H and O–H groups in total. The Morgan fingerprint density at radius 3 is 1.58 bits per heavy atom. The van der Waals surface area contributed by atoms with Crippen LogP contribution in [0.4, 0.5) is 10.5 Å². The molecular weight excluding hydrogens is 803 g/mol. The number of rotatable bonds is 20. The van der Waals surface area contributed by atoms with Crippen molar-refractivity contribution in [3.63, 3.8) is 0 Å². The molecule has 6 aromatic carbocycles. The Morgan fingerprint density at radius 2 is 1.08 bits per heavy atom. The van der Waals surface area contributed by atoms with E-state index in [9.17, 15) is 29.1 Å². The van der Waals surface area contributed by atoms with Gasteiger partial charge in [0.1, 0.15) is 25.8 Å². The molecule has 0 unspecified atom stereocenters. The number of nitrogens with zero attached hydrogens (tertiary/aromatic N) is 1. The lowest BCUT2D eigenvalue weighted by atomic mass is 9.84. The topological polar surface area (TPSA) is 165 Å². The van der Waals surface area contributed by atoms with Crippen LogP contribution in [0.5, 0.6) is 0 Å². The molecule has 0 aliphatic heterocycles. The Balaban J connectivity index is 1.24. The van der Waals surface area contributed by atoms with Crippen LogP contribution in [0.3, 0.4) is 0 Å². The zero-order valence-electron chi connectivity index (χ0n) is 33.9. The summed E-state index contributed by atoms with van der Waals surface area (Å²) in [5.41, 5.74) is 11.4. The van der Waals surface area contributed by atoms with Crippen molar-refractivity contribution in [2.75, 3.05) is 17.2 Å². The first kappa shape index (κ1) is 44.5. The number of amides is 2. The molecular formula is C50H47N3O8S. The second kappa shape index (κ2) is 22.0. The van der Waals surface area contributed by atoms with E-state index in [1.165, 1.54) is 17.8 Å². The minimum absolute atomic E-state index is 0.0630. The second-order valence-electron chi connectivity index (χ2n) is 14.3. The summed E-state index contributed by atoms with van der Waals surface area (Å²) in [4.78, 5) is 68.1. The number of ether oxygens (including phenoxy) is 2. The summed E-state index contributed by atoms with van der Waals surface area (Å²) in [5.74, 6) is -3.16. The minimum Gasteiger partial charge on any atom is -0.480 e. The number of nitrogens with two attached hydrogens (primary N) is 1. The molecule has 6 rings (SSSR count). The van der Waals surface area contributed by atoms with E-state index >= 15 is 0 Å². The number of alkyl carbamates (subject to hydrolysis) is 1. The maximum Gasteiger partial charge on any atom is 0.408 e. The summed E-state index contributed by atoms with van der Waals surface area (Å²) < 4.78 is 10.00. The molecule has 0 saturated heterocycles. The molecule has 0 heterocycles. The largest absolute Gasteiger partial charge is 0.480 e. The highest BCUT2D eigenvalue weighted by Crippen LogP contribution is 2.48. The third-order valence-electron chi connectivity index (χ3n) is 10.1. The molecule has 12 heteroatoms. The highest BCUT2D eigenvalue weighted by atomic mass is 32.2. The third-order valence-corrected chi connectivity index (χ3v) is 11.8. The third kappa shape index (κ3) is 11.6. The number of nitrogens with one attached hydrogen (secondary N) is 1. The zero-order chi connectivity index (χ0) is 43.7. The number of carboxylic acids is 1. The quantitative estimate of drug-likeness (QED) is 0.0388. The van der Waals surface area contributed by atoms with Gasteiger partial charge in [-0.2, -0.15) is 0 Å². The van der Waals surface area contributed by atoms with Crippen LogP contribution < -0.4 is 16.0 Å². The van der Waals surface area contributed by atoms with Crippen molar-refractivity contribution in [3.05, 3.63) is 209 Å². The van der Waals surface area contributed by atoms with Gasteiger partial charge in [-0.3, -0.25) is 14.4 Å². The number of hydrogen-bond donors (Lipinski definition) is 3. The van der Waals surface area contributed by atoms with Crippen LogP contribution in [-0.2, 0) is 41.8 Å². The van der Waals surface area contributed by atoms with Gasteiger partial charge in [0.05, 0.1) is 16.5 Å². The average molecular weight is 850 g/mol. The molecule has 0 fully saturated rings. The lowest BCUT2D eigenvalue weighted by molar-refractivity contribution is -0.144. The van der Waals surface area contributed by atoms with Crippen molar-refractivity contribution in [3.8, 4) is 0 Å². The highest BCUT2D eigenvalue weighted by Gasteiger charge is 2.38. The summed E-state index contributed by atoms with van der Waals surface area (Å²) in [5, 5.41) is 12.3. The lowest BCUT2D eigenvalue weighted by Crippen LogP contribution is -2.43. The molecule has 2 atom stereocenters. The van der Waals surface area contributed by atoms with Gasteiger partial charge in [0, 0.05) is 17.7 Å². The van der Waals surface area contributed by atoms with Crippen LogP contribution >= 0.6 is 11.8 Å². The van der Waals surface area contributed by atoms with Gasteiger partial charge in [0.2, 0.25) is 5.91 Å². The molecule has 11 nitrogen and oxygen atoms in total. The molecule has 0 bridgehead atoms. The molecule has 316 valence electrons. The number of hydrogen-bond acceptors (Lipinski definition) is 9. The molecule has 0 aliphatic carbocycles. The monoisotopic (exact) mass is 849 g/mol. The van der Waals surface area contributed by atoms with Crippen molar-refractivity contribution in [1.29, 1.82) is 0 Å². The number of para-hydroxylation sites is 1. The van der Waals surface area contributed by atoms with E-state index in [1.807, 2.05) is 103 Å². The zero-order valence-corrected chi connectivity index (χ0v) is 34.7. The number of esters is 1. The Hall–Kier alpha value is -7.02. The van der Waals surface area contributed by atoms with E-state index < -0.39 is 59.5 Å². The second-order valence-corrected chi connectivity index (χ2v) is 15.6. The van der Waals surface area contributed by atoms with E-state index in [0.29, 0.717) is 5.56 Å². The first-order valence-corrected chi connectivity index (χ1v) is 21.0. The summed E-state index contributed by atoms with van der Waals surface area (Å²) in [7, 11) is 0. The van der Waals surface area contributed by atoms with Crippen LogP contribution in [0.15, 0.2) is 176 Å². The SMILES string of the molecule is N[C@@H](CSC(c1ccccc1)(c1ccccc1)c1ccccc1)C(=O)c1ccccc1N(CC(=O)OCc1ccccc1)C(=O)CC[C@H](NC(=O)OCc1ccccc1)C(=O)O. The number of thioether (sulfide) groups is 1. The van der Waals surface area contributed by atoms with Crippen molar-refractivity contribution >= 4 is 47.2 Å². The van der Waals surface area contributed by atoms with Gasteiger partial charge in [0.25, 0.3) is 0 Å². The number of carbonyl (C=O) groups is 5. The average Bonchev–Trinajstić information content (AvgIpc) is 3.32. The van der Waals surface area contributed by atoms with Crippen LogP contribution in [-0.4, -0.2) is 59.2 Å². The Morgan fingerprint density at radius 1 is 0.629 bits per heavy atom. The van der Waals surface area contributed by atoms with Gasteiger partial charge in [-0.05, 0) is 46.4 Å². The van der Waals surface area contributed by atoms with E-state index in [0.717, 1.165) is 27.2 Å². The van der Waals surface area contributed by atoms with Crippen molar-refractivity contribution < 1.29 is 38.6 Å². The van der Waals surface area contributed by atoms with Gasteiger partial charge in [0.15, 0.2) is 5.78 Å². The van der Waals surface area contributed by atoms with E-state index in [1.54, 1.807) is 66.7 Å². The number of ketones is 1. The van der Waals surface area contributed by atoms with Crippen LogP contribution in [0.25, 0.3) is 0 Å². The van der Waals surface area contributed by atoms with Crippen LogP contribution in [0.1, 0.15) is 51.0 Å². The smallest absolute Gasteiger partial charge is 0.408 e. The lowest BCUT2D eigenvalue weighted by Gasteiger charge is -2.36. The Labute approximate surface area is 364 Å². The maximum absolute atomic E-state index is 14.5. The fraction of sp³-hybridized carbons (Fsp3) is 0.180. The molecule has 2 amide bonds. The van der Waals surface area contributed by atoms with Gasteiger partial charge in [-0.25, -0.2) is 9.59 Å². The number of Topliss-reactive ketones (excluding diaryl/α,β-unsaturated/α-hetero) is 1. The highest BCUT2D eigenvalue weighted by molar-refractivity contribution is 8.00. The predicted molar refractivity (Wildman–Crippen MR) is 239 cm³/mol. The summed E-state index contributed by atoms with van der Waals surface area (Å²) in [6.07, 6.45) is -1.76. The van der Waals surface area contributed by atoms with Crippen LogP contribution in [0.2, 0.25) is 0 Å². The fourth-order valence-corrected chi connectivity index (χ4v) is 8.45. The maximum atomic E-state index is 14.5. The number of carboxylic acid groups (broad SMARTS) is 1. The fourth-order valence-electron chi connectivity index (χ4n) is 6.96. The Bertz CT molecular complexity index is 2310. The first-order valence-electron chi connectivity index (χ1n) is 20.0. The van der Waals surface area contributed by atoms with E-state index in [2.05, 4.69) is 5.32 Å². The predicted octanol–water partition coefficient (Wildman–Crippen LogP) is 8.16. The van der Waals surface area contributed by atoms with Gasteiger partial charge < -0.3 is 30.5 Å². The van der Waals surface area contributed by atoms with Crippen molar-refractivity contribution in [2.24, 2.45) is 5.73 Å². The van der Waals surface area contributed by atoms with Gasteiger partial charge >= 0.3 is 18.0 Å². The minimum atomic E-state index is -1.50. The number of anilines is 1. The summed E-state index contributed by atoms with van der Waals surface area (Å²) >= 11 is 1.52. The number of carbonyl (C=O) groups excluding carboxylic acids is 4. The molecule has 0 saturated carbocycles. The first-order chi connectivity index (χ1) is 30.2. The summed E-state index contributed by atoms with van der Waals surface area (Å²) in [6, 6.07) is 51.6. The van der Waals surface area contributed by atoms with Crippen molar-refractivity contribution in [1.82, 2.24) is 5.32 Å². The standard InChI is InChI=1S/C50H47N3O8S/c51-42(35-62-50(38-22-10-3-11-23-38,39-24-12-4-13-25-39)40-26-14-5-15-27-40)47(56)41-28-16-17-29-44(41)53(32-46(55)60-33-36-18-6-1-7-19-36)45(54)31-30-43(48(57)58)52-49(59)61-34-37-20-8-2-9-21-37/h1-29,42-43H,30-35,51H2,(H,52,59)(H,57,58)/t42-,43-/m0/s1. The molecule has 6 aromatic rings. The molecule has 0 radical (unpaired) electrons. The molecule has 62 heavy (non-hydrogen) atoms. The van der Waals surface area contributed by atoms with Gasteiger partial charge in [-0.15, -0.1) is 11.8 Å². The molecule has 0 aliphatic rings. The Kier molecular flexibility index (Phi) is 15.8. The van der Waals surface area contributed by atoms with Crippen LogP contribution in [0, 0.1) is 0 Å². The number of aliphatic carboxylic acids is 1. The van der Waals surface area contributed by atoms with Crippen molar-refractivity contribution in [2.45, 2.75) is 42.9 Å². The van der Waals surface area contributed by atoms with Gasteiger partial charge in [-0.1, -0.05) is 164 Å². The van der Waals surface area contributed by atoms with E-state index in [4.69, 9.17) is 15.2 Å². The number of benzene rings is 6.